The molecule has 0 spiro atoms. The predicted molar refractivity (Wildman–Crippen MR) is 56.2 cm³/mol. The first-order valence-electron chi connectivity index (χ1n) is 4.35. The van der Waals surface area contributed by atoms with Crippen molar-refractivity contribution in [3.8, 4) is 5.75 Å². The highest BCUT2D eigenvalue weighted by Gasteiger charge is 2.19. The van der Waals surface area contributed by atoms with Crippen LogP contribution in [0.3, 0.4) is 0 Å². The van der Waals surface area contributed by atoms with E-state index in [1.165, 1.54) is 25.1 Å². The highest BCUT2D eigenvalue weighted by atomic mass is 32.2. The monoisotopic (exact) mass is 245 g/mol. The maximum Gasteiger partial charge on any atom is 0.380 e. The van der Waals surface area contributed by atoms with E-state index < -0.39 is 22.2 Å². The minimum Gasteiger partial charge on any atom is -0.481 e. The zero-order valence-electron chi connectivity index (χ0n) is 8.45. The van der Waals surface area contributed by atoms with E-state index >= 15 is 0 Å². The van der Waals surface area contributed by atoms with Gasteiger partial charge in [0.15, 0.2) is 0 Å². The third kappa shape index (κ3) is 3.21. The van der Waals surface area contributed by atoms with E-state index in [0.29, 0.717) is 0 Å². The molecule has 0 amide bonds. The smallest absolute Gasteiger partial charge is 0.380 e. The van der Waals surface area contributed by atoms with Gasteiger partial charge in [-0.1, -0.05) is 18.2 Å². The molecule has 88 valence electrons. The van der Waals surface area contributed by atoms with E-state index in [1.54, 1.807) is 6.07 Å². The van der Waals surface area contributed by atoms with Gasteiger partial charge in [0.1, 0.15) is 5.75 Å². The van der Waals surface area contributed by atoms with Crippen LogP contribution < -0.4 is 9.32 Å². The van der Waals surface area contributed by atoms with Crippen molar-refractivity contribution < 1.29 is 22.5 Å². The molecule has 6 nitrogen and oxygen atoms in total. The molecule has 7 heteroatoms. The van der Waals surface area contributed by atoms with E-state index in [1.807, 2.05) is 0 Å². The van der Waals surface area contributed by atoms with E-state index in [4.69, 9.17) is 10.2 Å². The first kappa shape index (κ1) is 12.5. The Morgan fingerprint density at radius 3 is 2.50 bits per heavy atom. The van der Waals surface area contributed by atoms with Crippen molar-refractivity contribution in [3.63, 3.8) is 0 Å². The Kier molecular flexibility index (Phi) is 3.51. The van der Waals surface area contributed by atoms with Gasteiger partial charge in [-0.2, -0.15) is 13.6 Å². The molecule has 16 heavy (non-hydrogen) atoms. The predicted octanol–water partition coefficient (Wildman–Crippen LogP) is 0.457. The second kappa shape index (κ2) is 4.50. The lowest BCUT2D eigenvalue weighted by molar-refractivity contribution is -0.138. The molecule has 0 saturated heterocycles. The lowest BCUT2D eigenvalue weighted by Gasteiger charge is -2.11. The topological polar surface area (TPSA) is 107 Å². The molecule has 0 heterocycles. The van der Waals surface area contributed by atoms with Crippen molar-refractivity contribution in [3.05, 3.63) is 29.8 Å². The summed E-state index contributed by atoms with van der Waals surface area (Å²) in [7, 11) is -4.15. The third-order valence-corrected chi connectivity index (χ3v) is 2.37. The van der Waals surface area contributed by atoms with E-state index in [-0.39, 0.29) is 11.3 Å². The maximum absolute atomic E-state index is 10.8. The third-order valence-electron chi connectivity index (χ3n) is 1.96. The number of nitrogens with two attached hydrogens (primary N) is 1. The van der Waals surface area contributed by atoms with Crippen molar-refractivity contribution in [1.29, 1.82) is 0 Å². The number of hydrogen-bond donors (Lipinski definition) is 2. The van der Waals surface area contributed by atoms with Gasteiger partial charge in [-0.25, -0.2) is 0 Å². The fourth-order valence-electron chi connectivity index (χ4n) is 1.17. The second-order valence-electron chi connectivity index (χ2n) is 3.17. The summed E-state index contributed by atoms with van der Waals surface area (Å²) in [6.07, 6.45) is 0. The summed E-state index contributed by atoms with van der Waals surface area (Å²) < 4.78 is 26.0. The highest BCUT2D eigenvalue weighted by Crippen LogP contribution is 2.27. The maximum atomic E-state index is 10.8. The molecule has 0 aliphatic rings. The molecule has 0 radical (unpaired) electrons. The lowest BCUT2D eigenvalue weighted by Crippen LogP contribution is -2.20. The van der Waals surface area contributed by atoms with Crippen molar-refractivity contribution >= 4 is 16.3 Å². The Hall–Kier alpha value is -1.60. The summed E-state index contributed by atoms with van der Waals surface area (Å²) in [5, 5.41) is 13.5. The van der Waals surface area contributed by atoms with Crippen molar-refractivity contribution in [2.24, 2.45) is 5.14 Å². The molecule has 0 aromatic heterocycles. The van der Waals surface area contributed by atoms with E-state index in [2.05, 4.69) is 4.18 Å². The summed E-state index contributed by atoms with van der Waals surface area (Å²) in [5.74, 6) is -2.02. The zero-order chi connectivity index (χ0) is 12.3. The van der Waals surface area contributed by atoms with Crippen LogP contribution in [0.2, 0.25) is 0 Å². The van der Waals surface area contributed by atoms with Gasteiger partial charge >= 0.3 is 16.3 Å². The number of aliphatic carboxylic acids is 1. The molecule has 0 aliphatic heterocycles. The Morgan fingerprint density at radius 1 is 1.44 bits per heavy atom. The van der Waals surface area contributed by atoms with Gasteiger partial charge in [0.05, 0.1) is 5.92 Å². The Balaban J connectivity index is 3.15. The molecule has 1 rings (SSSR count). The van der Waals surface area contributed by atoms with Crippen LogP contribution in [0.25, 0.3) is 0 Å². The van der Waals surface area contributed by atoms with Gasteiger partial charge in [0.25, 0.3) is 0 Å². The van der Waals surface area contributed by atoms with E-state index in [9.17, 15) is 13.2 Å². The van der Waals surface area contributed by atoms with Gasteiger partial charge < -0.3 is 9.29 Å². The number of carboxylic acids is 1. The van der Waals surface area contributed by atoms with Gasteiger partial charge in [-0.3, -0.25) is 4.79 Å². The normalized spacial score (nSPS) is 13.1. The molecule has 0 fully saturated rings. The van der Waals surface area contributed by atoms with Crippen LogP contribution in [0.4, 0.5) is 0 Å². The minimum absolute atomic E-state index is 0.0695. The van der Waals surface area contributed by atoms with Gasteiger partial charge in [-0.15, -0.1) is 0 Å². The van der Waals surface area contributed by atoms with Crippen LogP contribution in [-0.2, 0) is 15.1 Å². The SMILES string of the molecule is CC(C(=O)O)c1ccccc1OS(N)(=O)=O. The van der Waals surface area contributed by atoms with Gasteiger partial charge in [0, 0.05) is 5.56 Å². The average Bonchev–Trinajstić information content (AvgIpc) is 2.15. The molecule has 0 bridgehead atoms. The van der Waals surface area contributed by atoms with Gasteiger partial charge in [0.2, 0.25) is 0 Å². The quantitative estimate of drug-likeness (QED) is 0.801. The first-order chi connectivity index (χ1) is 7.31. The second-order valence-corrected chi connectivity index (χ2v) is 4.33. The van der Waals surface area contributed by atoms with Crippen LogP contribution in [0.1, 0.15) is 18.4 Å². The number of benzene rings is 1. The fraction of sp³-hybridized carbons (Fsp3) is 0.222. The molecule has 3 N–H and O–H groups in total. The number of para-hydroxylation sites is 1. The van der Waals surface area contributed by atoms with E-state index in [0.717, 1.165) is 0 Å². The molecular weight excluding hydrogens is 234 g/mol. The Morgan fingerprint density at radius 2 is 2.00 bits per heavy atom. The van der Waals surface area contributed by atoms with Gasteiger partial charge in [-0.05, 0) is 13.0 Å². The highest BCUT2D eigenvalue weighted by molar-refractivity contribution is 7.84. The molecule has 0 aliphatic carbocycles. The van der Waals surface area contributed by atoms with Crippen LogP contribution in [-0.4, -0.2) is 19.5 Å². The average molecular weight is 245 g/mol. The van der Waals surface area contributed by atoms with Crippen LogP contribution >= 0.6 is 0 Å². The minimum atomic E-state index is -4.15. The number of carboxylic acid groups (broad SMARTS) is 1. The fourth-order valence-corrected chi connectivity index (χ4v) is 1.57. The number of carbonyl (C=O) groups is 1. The molecule has 0 saturated carbocycles. The lowest BCUT2D eigenvalue weighted by atomic mass is 10.0. The zero-order valence-corrected chi connectivity index (χ0v) is 9.27. The standard InChI is InChI=1S/C9H11NO5S/c1-6(9(11)12)7-4-2-3-5-8(7)15-16(10,13)14/h2-6H,1H3,(H,11,12)(H2,10,13,14). The van der Waals surface area contributed by atoms with Crippen molar-refractivity contribution in [2.75, 3.05) is 0 Å². The summed E-state index contributed by atoms with van der Waals surface area (Å²) in [4.78, 5) is 10.8. The van der Waals surface area contributed by atoms with Crippen molar-refractivity contribution in [1.82, 2.24) is 0 Å². The molecule has 1 aromatic carbocycles. The van der Waals surface area contributed by atoms with Crippen molar-refractivity contribution in [2.45, 2.75) is 12.8 Å². The first-order valence-corrected chi connectivity index (χ1v) is 5.82. The van der Waals surface area contributed by atoms with Crippen LogP contribution in [0, 0.1) is 0 Å². The van der Waals surface area contributed by atoms with Crippen LogP contribution in [0.15, 0.2) is 24.3 Å². The Labute approximate surface area is 92.9 Å². The number of hydrogen-bond acceptors (Lipinski definition) is 4. The molecule has 1 unspecified atom stereocenters. The largest absolute Gasteiger partial charge is 0.481 e. The summed E-state index contributed by atoms with van der Waals surface area (Å²) in [6, 6.07) is 5.93. The summed E-state index contributed by atoms with van der Waals surface area (Å²) >= 11 is 0. The summed E-state index contributed by atoms with van der Waals surface area (Å²) in [6.45, 7) is 1.42. The van der Waals surface area contributed by atoms with Crippen LogP contribution in [0.5, 0.6) is 5.75 Å². The Bertz CT molecular complexity index is 496. The molecular formula is C9H11NO5S. The summed E-state index contributed by atoms with van der Waals surface area (Å²) in [5.41, 5.74) is 0.254. The molecule has 1 aromatic rings. The number of rotatable bonds is 4. The molecule has 1 atom stereocenters.